The number of nitrogens with two attached hydrogens (primary N) is 1. The number of nitrogens with zero attached hydrogens (tertiary/aromatic N) is 1. The van der Waals surface area contributed by atoms with Crippen LogP contribution in [0.1, 0.15) is 18.5 Å². The third kappa shape index (κ3) is 2.50. The molecule has 0 amide bonds. The molecule has 100 valence electrons. The van der Waals surface area contributed by atoms with Gasteiger partial charge in [-0.05, 0) is 50.3 Å². The van der Waals surface area contributed by atoms with Gasteiger partial charge >= 0.3 is 0 Å². The van der Waals surface area contributed by atoms with Crippen LogP contribution in [0, 0.1) is 6.92 Å². The van der Waals surface area contributed by atoms with E-state index in [9.17, 15) is 0 Å². The normalized spacial score (nSPS) is 16.5. The minimum atomic E-state index is 0.448. The molecule has 0 radical (unpaired) electrons. The van der Waals surface area contributed by atoms with Crippen LogP contribution in [0.2, 0.25) is 0 Å². The molecule has 1 aromatic heterocycles. The molecular formula is C15H19N3S. The number of hydrogen-bond donors (Lipinski definition) is 2. The zero-order chi connectivity index (χ0) is 13.5. The Kier molecular flexibility index (Phi) is 3.05. The monoisotopic (exact) mass is 273 g/mol. The molecule has 2 aromatic rings. The van der Waals surface area contributed by atoms with E-state index in [1.54, 1.807) is 0 Å². The van der Waals surface area contributed by atoms with Crippen molar-refractivity contribution in [3.63, 3.8) is 0 Å². The molecule has 0 atom stereocenters. The summed E-state index contributed by atoms with van der Waals surface area (Å²) in [4.78, 5) is 4.56. The summed E-state index contributed by atoms with van der Waals surface area (Å²) in [5.41, 5.74) is 9.87. The maximum atomic E-state index is 5.89. The number of anilines is 2. The molecule has 1 heterocycles. The minimum absolute atomic E-state index is 0.448. The van der Waals surface area contributed by atoms with Gasteiger partial charge in [-0.1, -0.05) is 0 Å². The Morgan fingerprint density at radius 2 is 2.16 bits per heavy atom. The van der Waals surface area contributed by atoms with Crippen LogP contribution in [-0.4, -0.2) is 22.5 Å². The maximum absolute atomic E-state index is 5.89. The average molecular weight is 273 g/mol. The molecule has 0 saturated heterocycles. The Morgan fingerprint density at radius 1 is 1.37 bits per heavy atom. The van der Waals surface area contributed by atoms with Gasteiger partial charge in [0.15, 0.2) is 0 Å². The molecule has 0 aliphatic heterocycles. The SMILES string of the molecule is CSC1(CNc2cc(C)nc3ccc(N)cc23)CC1. The Balaban J connectivity index is 1.94. The van der Waals surface area contributed by atoms with E-state index in [2.05, 4.69) is 22.6 Å². The van der Waals surface area contributed by atoms with Gasteiger partial charge in [0.1, 0.15) is 0 Å². The van der Waals surface area contributed by atoms with E-state index in [0.29, 0.717) is 4.75 Å². The average Bonchev–Trinajstić information content (AvgIpc) is 3.17. The summed E-state index contributed by atoms with van der Waals surface area (Å²) in [5.74, 6) is 0. The lowest BCUT2D eigenvalue weighted by Gasteiger charge is -2.16. The molecule has 0 spiro atoms. The smallest absolute Gasteiger partial charge is 0.0727 e. The lowest BCUT2D eigenvalue weighted by Crippen LogP contribution is -2.17. The van der Waals surface area contributed by atoms with Gasteiger partial charge in [-0.2, -0.15) is 11.8 Å². The van der Waals surface area contributed by atoms with E-state index in [-0.39, 0.29) is 0 Å². The number of nitrogens with one attached hydrogen (secondary N) is 1. The number of thioether (sulfide) groups is 1. The van der Waals surface area contributed by atoms with Crippen molar-refractivity contribution < 1.29 is 0 Å². The first kappa shape index (κ1) is 12.6. The summed E-state index contributed by atoms with van der Waals surface area (Å²) in [6.07, 6.45) is 4.82. The maximum Gasteiger partial charge on any atom is 0.0727 e. The second-order valence-electron chi connectivity index (χ2n) is 5.33. The van der Waals surface area contributed by atoms with Gasteiger partial charge in [0.25, 0.3) is 0 Å². The molecular weight excluding hydrogens is 254 g/mol. The van der Waals surface area contributed by atoms with E-state index in [4.69, 9.17) is 5.73 Å². The van der Waals surface area contributed by atoms with E-state index in [1.165, 1.54) is 12.8 Å². The Labute approximate surface area is 118 Å². The van der Waals surface area contributed by atoms with Crippen molar-refractivity contribution in [3.05, 3.63) is 30.0 Å². The first-order valence-corrected chi connectivity index (χ1v) is 7.80. The number of aryl methyl sites for hydroxylation is 1. The number of benzene rings is 1. The number of aromatic nitrogens is 1. The zero-order valence-corrected chi connectivity index (χ0v) is 12.2. The summed E-state index contributed by atoms with van der Waals surface area (Å²) >= 11 is 1.97. The first-order chi connectivity index (χ1) is 9.12. The third-order valence-corrected chi connectivity index (χ3v) is 5.22. The summed E-state index contributed by atoms with van der Waals surface area (Å²) in [7, 11) is 0. The highest BCUT2D eigenvalue weighted by Gasteiger charge is 2.41. The fraction of sp³-hybridized carbons (Fsp3) is 0.400. The number of hydrogen-bond acceptors (Lipinski definition) is 4. The van der Waals surface area contributed by atoms with E-state index in [0.717, 1.165) is 34.5 Å². The summed E-state index contributed by atoms with van der Waals surface area (Å²) < 4.78 is 0.448. The molecule has 3 N–H and O–H groups in total. The van der Waals surface area contributed by atoms with Gasteiger partial charge in [-0.25, -0.2) is 0 Å². The number of fused-ring (bicyclic) bond motifs is 1. The number of pyridine rings is 1. The van der Waals surface area contributed by atoms with E-state index >= 15 is 0 Å². The van der Waals surface area contributed by atoms with Crippen LogP contribution in [0.15, 0.2) is 24.3 Å². The zero-order valence-electron chi connectivity index (χ0n) is 11.4. The van der Waals surface area contributed by atoms with Gasteiger partial charge in [-0.3, -0.25) is 4.98 Å². The fourth-order valence-corrected chi connectivity index (χ4v) is 3.10. The second-order valence-corrected chi connectivity index (χ2v) is 6.60. The molecule has 3 rings (SSSR count). The molecule has 0 unspecified atom stereocenters. The predicted molar refractivity (Wildman–Crippen MR) is 84.9 cm³/mol. The number of nitrogen functional groups attached to an aromatic ring is 1. The summed E-state index contributed by atoms with van der Waals surface area (Å²) in [5, 5.41) is 4.71. The predicted octanol–water partition coefficient (Wildman–Crippen LogP) is 3.43. The number of rotatable bonds is 4. The van der Waals surface area contributed by atoms with Gasteiger partial charge in [0.05, 0.1) is 5.52 Å². The van der Waals surface area contributed by atoms with Crippen molar-refractivity contribution in [1.29, 1.82) is 0 Å². The van der Waals surface area contributed by atoms with Crippen LogP contribution in [0.5, 0.6) is 0 Å². The highest BCUT2D eigenvalue weighted by Crippen LogP contribution is 2.47. The lowest BCUT2D eigenvalue weighted by atomic mass is 10.1. The van der Waals surface area contributed by atoms with Crippen molar-refractivity contribution in [1.82, 2.24) is 4.98 Å². The summed E-state index contributed by atoms with van der Waals surface area (Å²) in [6, 6.07) is 8.01. The van der Waals surface area contributed by atoms with Gasteiger partial charge < -0.3 is 11.1 Å². The van der Waals surface area contributed by atoms with Crippen molar-refractivity contribution >= 4 is 34.0 Å². The van der Waals surface area contributed by atoms with Crippen LogP contribution in [-0.2, 0) is 0 Å². The Morgan fingerprint density at radius 3 is 2.84 bits per heavy atom. The van der Waals surface area contributed by atoms with Crippen molar-refractivity contribution in [2.45, 2.75) is 24.5 Å². The molecule has 19 heavy (non-hydrogen) atoms. The summed E-state index contributed by atoms with van der Waals surface area (Å²) in [6.45, 7) is 3.05. The van der Waals surface area contributed by atoms with Crippen LogP contribution >= 0.6 is 11.8 Å². The van der Waals surface area contributed by atoms with E-state index < -0.39 is 0 Å². The fourth-order valence-electron chi connectivity index (χ4n) is 2.37. The van der Waals surface area contributed by atoms with Gasteiger partial charge in [-0.15, -0.1) is 0 Å². The van der Waals surface area contributed by atoms with Crippen LogP contribution in [0.25, 0.3) is 10.9 Å². The quantitative estimate of drug-likeness (QED) is 0.838. The van der Waals surface area contributed by atoms with Crippen LogP contribution in [0.4, 0.5) is 11.4 Å². The largest absolute Gasteiger partial charge is 0.399 e. The van der Waals surface area contributed by atoms with Gasteiger partial charge in [0.2, 0.25) is 0 Å². The molecule has 1 saturated carbocycles. The van der Waals surface area contributed by atoms with E-state index in [1.807, 2.05) is 36.9 Å². The van der Waals surface area contributed by atoms with Crippen LogP contribution in [0.3, 0.4) is 0 Å². The van der Waals surface area contributed by atoms with Crippen molar-refractivity contribution in [2.75, 3.05) is 23.9 Å². The molecule has 4 heteroatoms. The Hall–Kier alpha value is -1.42. The van der Waals surface area contributed by atoms with Gasteiger partial charge in [0, 0.05) is 33.7 Å². The second kappa shape index (κ2) is 4.60. The Bertz CT molecular complexity index is 620. The topological polar surface area (TPSA) is 50.9 Å². The van der Waals surface area contributed by atoms with Crippen molar-refractivity contribution in [3.8, 4) is 0 Å². The molecule has 3 nitrogen and oxygen atoms in total. The molecule has 1 fully saturated rings. The lowest BCUT2D eigenvalue weighted by molar-refractivity contribution is 0.950. The van der Waals surface area contributed by atoms with Crippen molar-refractivity contribution in [2.24, 2.45) is 0 Å². The van der Waals surface area contributed by atoms with Crippen LogP contribution < -0.4 is 11.1 Å². The molecule has 0 bridgehead atoms. The minimum Gasteiger partial charge on any atom is -0.399 e. The standard InChI is InChI=1S/C15H19N3S/c1-10-7-14(17-9-15(19-2)5-6-15)12-8-11(16)3-4-13(12)18-10/h3-4,7-8H,5-6,9,16H2,1-2H3,(H,17,18). The third-order valence-electron chi connectivity index (χ3n) is 3.80. The highest BCUT2D eigenvalue weighted by atomic mass is 32.2. The molecule has 1 aliphatic rings. The molecule has 1 aromatic carbocycles. The molecule has 1 aliphatic carbocycles. The first-order valence-electron chi connectivity index (χ1n) is 6.58. The highest BCUT2D eigenvalue weighted by molar-refractivity contribution is 8.00.